The van der Waals surface area contributed by atoms with E-state index in [0.29, 0.717) is 18.8 Å². The van der Waals surface area contributed by atoms with Crippen LogP contribution >= 0.6 is 23.2 Å². The molecule has 0 spiro atoms. The highest BCUT2D eigenvalue weighted by molar-refractivity contribution is 6.67. The molecule has 4 heteroatoms. The van der Waals surface area contributed by atoms with Crippen LogP contribution in [0.2, 0.25) is 0 Å². The Morgan fingerprint density at radius 3 is 2.19 bits per heavy atom. The fraction of sp³-hybridized carbons (Fsp3) is 0.583. The smallest absolute Gasteiger partial charge is 0.228 e. The van der Waals surface area contributed by atoms with Crippen molar-refractivity contribution < 1.29 is 9.59 Å². The molecule has 1 aliphatic rings. The molecule has 0 aliphatic heterocycles. The average molecular weight is 264 g/mol. The van der Waals surface area contributed by atoms with E-state index in [0.717, 1.165) is 25.7 Å². The molecule has 1 saturated carbocycles. The number of rotatable bonds is 2. The van der Waals surface area contributed by atoms with Gasteiger partial charge in [0.15, 0.2) is 0 Å². The zero-order valence-corrected chi connectivity index (χ0v) is 10.8. The molecule has 0 aromatic heterocycles. The van der Waals surface area contributed by atoms with E-state index >= 15 is 0 Å². The van der Waals surface area contributed by atoms with Crippen LogP contribution in [0.15, 0.2) is 0 Å². The van der Waals surface area contributed by atoms with Crippen LogP contribution in [0.1, 0.15) is 38.5 Å². The Hall–Kier alpha value is -0.0800. The number of hydrogen-bond donors (Lipinski definition) is 0. The number of carbonyl (C=O) groups is 2. The van der Waals surface area contributed by atoms with Gasteiger partial charge in [-0.15, -0.1) is 0 Å². The quantitative estimate of drug-likeness (QED) is 0.712. The van der Waals surface area contributed by atoms with Crippen LogP contribution in [0.3, 0.4) is 0 Å². The van der Waals surface area contributed by atoms with Crippen molar-refractivity contribution in [1.29, 1.82) is 0 Å². The van der Waals surface area contributed by atoms with Gasteiger partial charge in [0, 0.05) is 5.92 Å². The van der Waals surface area contributed by atoms with E-state index in [-0.39, 0.29) is 26.0 Å². The SMILES string of the molecule is O=C(Cl)[C]1CCCCCC(C(=O)Cl)C1.[CH2].[CH2]. The largest absolute Gasteiger partial charge is 0.281 e. The lowest BCUT2D eigenvalue weighted by atomic mass is 9.85. The first-order chi connectivity index (χ1) is 6.61. The van der Waals surface area contributed by atoms with Gasteiger partial charge < -0.3 is 0 Å². The van der Waals surface area contributed by atoms with Crippen molar-refractivity contribution in [2.24, 2.45) is 5.92 Å². The van der Waals surface area contributed by atoms with Crippen LogP contribution in [0.25, 0.3) is 0 Å². The van der Waals surface area contributed by atoms with Gasteiger partial charge in [0.05, 0.1) is 5.92 Å². The molecular formula is C12H17Cl2O2. The first-order valence-corrected chi connectivity index (χ1v) is 5.60. The van der Waals surface area contributed by atoms with Crippen molar-refractivity contribution in [3.8, 4) is 0 Å². The first-order valence-electron chi connectivity index (χ1n) is 4.85. The minimum absolute atomic E-state index is 0. The van der Waals surface area contributed by atoms with Crippen LogP contribution in [-0.4, -0.2) is 10.5 Å². The Bertz CT molecular complexity index is 207. The monoisotopic (exact) mass is 263 g/mol. The fourth-order valence-electron chi connectivity index (χ4n) is 1.78. The number of carbonyl (C=O) groups excluding carboxylic acids is 2. The summed E-state index contributed by atoms with van der Waals surface area (Å²) in [4.78, 5) is 22.0. The normalized spacial score (nSPS) is 22.0. The molecule has 0 heterocycles. The van der Waals surface area contributed by atoms with E-state index in [1.165, 1.54) is 0 Å². The number of hydrogen-bond acceptors (Lipinski definition) is 2. The molecule has 91 valence electrons. The second kappa shape index (κ2) is 9.00. The van der Waals surface area contributed by atoms with Crippen molar-refractivity contribution in [3.05, 3.63) is 20.8 Å². The van der Waals surface area contributed by atoms with Gasteiger partial charge in [0.1, 0.15) is 0 Å². The van der Waals surface area contributed by atoms with Gasteiger partial charge in [0.2, 0.25) is 10.5 Å². The molecule has 2 nitrogen and oxygen atoms in total. The van der Waals surface area contributed by atoms with E-state index < -0.39 is 5.24 Å². The Labute approximate surface area is 109 Å². The molecule has 0 saturated heterocycles. The summed E-state index contributed by atoms with van der Waals surface area (Å²) in [5.41, 5.74) is 0. The molecular weight excluding hydrogens is 247 g/mol. The number of halogens is 2. The summed E-state index contributed by atoms with van der Waals surface area (Å²) < 4.78 is 0. The van der Waals surface area contributed by atoms with E-state index in [1.807, 2.05) is 0 Å². The molecule has 0 aromatic carbocycles. The lowest BCUT2D eigenvalue weighted by Gasteiger charge is -2.20. The molecule has 1 aliphatic carbocycles. The highest BCUT2D eigenvalue weighted by Gasteiger charge is 2.27. The van der Waals surface area contributed by atoms with Gasteiger partial charge >= 0.3 is 0 Å². The minimum Gasteiger partial charge on any atom is -0.281 e. The van der Waals surface area contributed by atoms with Crippen LogP contribution in [0, 0.1) is 26.7 Å². The van der Waals surface area contributed by atoms with Crippen LogP contribution < -0.4 is 0 Å². The van der Waals surface area contributed by atoms with Gasteiger partial charge in [0.25, 0.3) is 0 Å². The van der Waals surface area contributed by atoms with Crippen molar-refractivity contribution in [3.63, 3.8) is 0 Å². The summed E-state index contributed by atoms with van der Waals surface area (Å²) >= 11 is 10.9. The van der Waals surface area contributed by atoms with Crippen molar-refractivity contribution in [2.75, 3.05) is 0 Å². The third-order valence-electron chi connectivity index (χ3n) is 2.62. The summed E-state index contributed by atoms with van der Waals surface area (Å²) in [6, 6.07) is 0. The second-order valence-corrected chi connectivity index (χ2v) is 4.40. The summed E-state index contributed by atoms with van der Waals surface area (Å²) in [6.45, 7) is 0. The van der Waals surface area contributed by atoms with Crippen molar-refractivity contribution in [2.45, 2.75) is 38.5 Å². The third kappa shape index (κ3) is 5.86. The second-order valence-electron chi connectivity index (χ2n) is 3.68. The zero-order valence-electron chi connectivity index (χ0n) is 9.31. The van der Waals surface area contributed by atoms with Crippen molar-refractivity contribution in [1.82, 2.24) is 0 Å². The topological polar surface area (TPSA) is 34.1 Å². The third-order valence-corrected chi connectivity index (χ3v) is 3.20. The lowest BCUT2D eigenvalue weighted by Crippen LogP contribution is -2.18. The fourth-order valence-corrected chi connectivity index (χ4v) is 2.14. The molecule has 0 aromatic rings. The molecule has 0 amide bonds. The van der Waals surface area contributed by atoms with Gasteiger partial charge in [-0.25, -0.2) is 0 Å². The first kappa shape index (κ1) is 18.3. The Morgan fingerprint density at radius 2 is 1.69 bits per heavy atom. The lowest BCUT2D eigenvalue weighted by molar-refractivity contribution is -0.115. The summed E-state index contributed by atoms with van der Waals surface area (Å²) in [6.07, 6.45) is 4.96. The Morgan fingerprint density at radius 1 is 1.06 bits per heavy atom. The highest BCUT2D eigenvalue weighted by Crippen LogP contribution is 2.30. The zero-order chi connectivity index (χ0) is 10.6. The predicted octanol–water partition coefficient (Wildman–Crippen LogP) is 3.72. The minimum atomic E-state index is -0.408. The predicted molar refractivity (Wildman–Crippen MR) is 66.9 cm³/mol. The molecule has 5 radical (unpaired) electrons. The summed E-state index contributed by atoms with van der Waals surface area (Å²) in [5, 5.41) is -0.753. The van der Waals surface area contributed by atoms with Crippen molar-refractivity contribution >= 4 is 33.7 Å². The van der Waals surface area contributed by atoms with Crippen LogP contribution in [0.5, 0.6) is 0 Å². The van der Waals surface area contributed by atoms with E-state index in [4.69, 9.17) is 23.2 Å². The van der Waals surface area contributed by atoms with E-state index in [9.17, 15) is 9.59 Å². The average Bonchev–Trinajstić information content (AvgIpc) is 2.01. The maximum Gasteiger partial charge on any atom is 0.228 e. The van der Waals surface area contributed by atoms with Crippen LogP contribution in [-0.2, 0) is 9.59 Å². The summed E-state index contributed by atoms with van der Waals surface area (Å²) in [5.74, 6) is 0.444. The highest BCUT2D eigenvalue weighted by atomic mass is 35.5. The molecule has 1 rings (SSSR count). The summed E-state index contributed by atoms with van der Waals surface area (Å²) in [7, 11) is 0. The van der Waals surface area contributed by atoms with Gasteiger partial charge in [-0.05, 0) is 42.5 Å². The molecule has 1 atom stereocenters. The maximum atomic E-state index is 11.0. The van der Waals surface area contributed by atoms with E-state index in [2.05, 4.69) is 0 Å². The van der Waals surface area contributed by atoms with E-state index in [1.54, 1.807) is 0 Å². The maximum absolute atomic E-state index is 11.0. The Kier molecular flexibility index (Phi) is 10.3. The molecule has 0 N–H and O–H groups in total. The standard InChI is InChI=1S/C10H13Cl2O2.2CH2/c11-9(13)7-4-2-1-3-5-8(6-7)10(12)14;;/h7H,1-6H2;2*1H2. The van der Waals surface area contributed by atoms with Crippen LogP contribution in [0.4, 0.5) is 0 Å². The van der Waals surface area contributed by atoms with Gasteiger partial charge in [-0.1, -0.05) is 34.1 Å². The molecule has 16 heavy (non-hydrogen) atoms. The molecule has 1 unspecified atom stereocenters. The van der Waals surface area contributed by atoms with Gasteiger partial charge in [-0.2, -0.15) is 0 Å². The molecule has 1 fully saturated rings. The Balaban J connectivity index is 0. The molecule has 0 bridgehead atoms. The van der Waals surface area contributed by atoms with Gasteiger partial charge in [-0.3, -0.25) is 9.59 Å².